The minimum Gasteiger partial charge on any atom is -0.508 e. The van der Waals surface area contributed by atoms with Gasteiger partial charge in [0.25, 0.3) is 0 Å². The van der Waals surface area contributed by atoms with Crippen LogP contribution in [-0.4, -0.2) is 10.2 Å². The van der Waals surface area contributed by atoms with E-state index < -0.39 is 0 Å². The second kappa shape index (κ2) is 3.59. The maximum Gasteiger partial charge on any atom is 0.120 e. The van der Waals surface area contributed by atoms with Gasteiger partial charge in [0.2, 0.25) is 0 Å². The second-order valence-electron chi connectivity index (χ2n) is 3.87. The predicted octanol–water partition coefficient (Wildman–Crippen LogP) is 1.29. The van der Waals surface area contributed by atoms with Gasteiger partial charge < -0.3 is 15.9 Å². The van der Waals surface area contributed by atoms with Crippen LogP contribution in [0.15, 0.2) is 18.2 Å². The fraction of sp³-hybridized carbons (Fsp3) is 0.455. The Hall–Kier alpha value is -1.06. The van der Waals surface area contributed by atoms with Gasteiger partial charge in [-0.25, -0.2) is 0 Å². The van der Waals surface area contributed by atoms with Gasteiger partial charge >= 0.3 is 0 Å². The summed E-state index contributed by atoms with van der Waals surface area (Å²) in [4.78, 5) is 0. The van der Waals surface area contributed by atoms with Crippen molar-refractivity contribution in [2.24, 2.45) is 11.7 Å². The first-order chi connectivity index (χ1) is 6.74. The lowest BCUT2D eigenvalue weighted by atomic mass is 9.97. The Morgan fingerprint density at radius 3 is 2.71 bits per heavy atom. The van der Waals surface area contributed by atoms with E-state index in [9.17, 15) is 5.11 Å². The highest BCUT2D eigenvalue weighted by molar-refractivity contribution is 5.42. The number of phenolic OH excluding ortho intramolecular Hbond substituents is 1. The maximum absolute atomic E-state index is 9.68. The molecule has 3 nitrogen and oxygen atoms in total. The Morgan fingerprint density at radius 1 is 1.43 bits per heavy atom. The molecule has 2 rings (SSSR count). The van der Waals surface area contributed by atoms with Crippen molar-refractivity contribution in [2.45, 2.75) is 25.5 Å². The van der Waals surface area contributed by atoms with Gasteiger partial charge in [0.05, 0.1) is 6.61 Å². The van der Waals surface area contributed by atoms with Gasteiger partial charge in [-0.3, -0.25) is 0 Å². The topological polar surface area (TPSA) is 66.5 Å². The number of nitrogens with two attached hydrogens (primary N) is 1. The van der Waals surface area contributed by atoms with E-state index in [1.54, 1.807) is 18.2 Å². The van der Waals surface area contributed by atoms with Gasteiger partial charge in [0, 0.05) is 11.6 Å². The van der Waals surface area contributed by atoms with E-state index in [1.807, 2.05) is 0 Å². The minimum atomic E-state index is -0.127. The Bertz CT molecular complexity index is 334. The van der Waals surface area contributed by atoms with Crippen molar-refractivity contribution in [3.05, 3.63) is 29.3 Å². The predicted molar refractivity (Wildman–Crippen MR) is 53.7 cm³/mol. The van der Waals surface area contributed by atoms with E-state index in [0.29, 0.717) is 5.92 Å². The molecule has 0 aromatic heterocycles. The summed E-state index contributed by atoms with van der Waals surface area (Å²) in [5.41, 5.74) is 7.47. The fourth-order valence-electron chi connectivity index (χ4n) is 1.81. The lowest BCUT2D eigenvalue weighted by Crippen LogP contribution is -2.14. The summed E-state index contributed by atoms with van der Waals surface area (Å²) in [6.07, 6.45) is 2.25. The third kappa shape index (κ3) is 1.61. The van der Waals surface area contributed by atoms with Gasteiger partial charge in [0.1, 0.15) is 5.75 Å². The molecular formula is C11H15NO2. The Kier molecular flexibility index (Phi) is 2.44. The molecule has 0 aliphatic heterocycles. The van der Waals surface area contributed by atoms with E-state index in [2.05, 4.69) is 0 Å². The molecule has 1 unspecified atom stereocenters. The molecule has 0 bridgehead atoms. The third-order valence-corrected chi connectivity index (χ3v) is 2.81. The molecule has 1 aromatic rings. The van der Waals surface area contributed by atoms with Gasteiger partial charge in [-0.2, -0.15) is 0 Å². The van der Waals surface area contributed by atoms with Crippen molar-refractivity contribution < 1.29 is 10.2 Å². The number of aliphatic hydroxyl groups excluding tert-OH is 1. The van der Waals surface area contributed by atoms with Gasteiger partial charge in [-0.1, -0.05) is 12.1 Å². The summed E-state index contributed by atoms with van der Waals surface area (Å²) in [6, 6.07) is 5.02. The molecule has 1 aliphatic rings. The molecule has 1 fully saturated rings. The number of phenols is 1. The molecule has 0 saturated heterocycles. The van der Waals surface area contributed by atoms with Crippen LogP contribution in [0.4, 0.5) is 0 Å². The van der Waals surface area contributed by atoms with Crippen molar-refractivity contribution in [1.82, 2.24) is 0 Å². The first-order valence-electron chi connectivity index (χ1n) is 4.91. The van der Waals surface area contributed by atoms with Crippen LogP contribution in [0.3, 0.4) is 0 Å². The molecule has 0 spiro atoms. The zero-order valence-corrected chi connectivity index (χ0v) is 7.98. The number of benzene rings is 1. The van der Waals surface area contributed by atoms with Crippen LogP contribution >= 0.6 is 0 Å². The highest BCUT2D eigenvalue weighted by Crippen LogP contribution is 2.42. The van der Waals surface area contributed by atoms with E-state index in [1.165, 1.54) is 0 Å². The van der Waals surface area contributed by atoms with Crippen LogP contribution in [0.25, 0.3) is 0 Å². The molecule has 0 heterocycles. The molecule has 1 aromatic carbocycles. The fourth-order valence-corrected chi connectivity index (χ4v) is 1.81. The van der Waals surface area contributed by atoms with E-state index in [4.69, 9.17) is 10.8 Å². The summed E-state index contributed by atoms with van der Waals surface area (Å²) >= 11 is 0. The monoisotopic (exact) mass is 193 g/mol. The van der Waals surface area contributed by atoms with E-state index in [-0.39, 0.29) is 18.4 Å². The lowest BCUT2D eigenvalue weighted by Gasteiger charge is -2.16. The summed E-state index contributed by atoms with van der Waals surface area (Å²) in [6.45, 7) is -0.0653. The van der Waals surface area contributed by atoms with Crippen molar-refractivity contribution in [3.8, 4) is 5.75 Å². The third-order valence-electron chi connectivity index (χ3n) is 2.81. The van der Waals surface area contributed by atoms with Crippen LogP contribution in [0.2, 0.25) is 0 Å². The molecule has 3 heteroatoms. The zero-order chi connectivity index (χ0) is 10.1. The second-order valence-corrected chi connectivity index (χ2v) is 3.87. The van der Waals surface area contributed by atoms with Crippen molar-refractivity contribution in [1.29, 1.82) is 0 Å². The number of hydrogen-bond acceptors (Lipinski definition) is 3. The number of hydrogen-bond donors (Lipinski definition) is 3. The smallest absolute Gasteiger partial charge is 0.120 e. The Labute approximate surface area is 83.2 Å². The molecular weight excluding hydrogens is 178 g/mol. The Balaban J connectivity index is 2.37. The highest BCUT2D eigenvalue weighted by atomic mass is 16.3. The van der Waals surface area contributed by atoms with Crippen LogP contribution < -0.4 is 5.73 Å². The molecule has 1 aliphatic carbocycles. The average Bonchev–Trinajstić information content (AvgIpc) is 2.99. The lowest BCUT2D eigenvalue weighted by molar-refractivity contribution is 0.278. The molecule has 1 saturated carbocycles. The molecule has 4 N–H and O–H groups in total. The molecule has 0 radical (unpaired) electrons. The van der Waals surface area contributed by atoms with Gasteiger partial charge in [-0.05, 0) is 30.4 Å². The SMILES string of the molecule is NC(c1c(O)cccc1CO)C1CC1. The normalized spacial score (nSPS) is 18.1. The van der Waals surface area contributed by atoms with Crippen LogP contribution in [-0.2, 0) is 6.61 Å². The summed E-state index contributed by atoms with van der Waals surface area (Å²) in [5.74, 6) is 0.685. The van der Waals surface area contributed by atoms with Crippen LogP contribution in [0.5, 0.6) is 5.75 Å². The van der Waals surface area contributed by atoms with Crippen molar-refractivity contribution >= 4 is 0 Å². The van der Waals surface area contributed by atoms with Crippen LogP contribution in [0.1, 0.15) is 30.0 Å². The zero-order valence-electron chi connectivity index (χ0n) is 7.98. The van der Waals surface area contributed by atoms with E-state index >= 15 is 0 Å². The first-order valence-corrected chi connectivity index (χ1v) is 4.91. The standard InChI is InChI=1S/C11H15NO2/c12-11(7-4-5-7)10-8(6-13)2-1-3-9(10)14/h1-3,7,11,13-14H,4-6,12H2. The maximum atomic E-state index is 9.68. The van der Waals surface area contributed by atoms with Crippen molar-refractivity contribution in [2.75, 3.05) is 0 Å². The summed E-state index contributed by atoms with van der Waals surface area (Å²) in [7, 11) is 0. The number of aliphatic hydroxyl groups is 1. The minimum absolute atomic E-state index is 0.0653. The number of rotatable bonds is 3. The Morgan fingerprint density at radius 2 is 2.14 bits per heavy atom. The van der Waals surface area contributed by atoms with Gasteiger partial charge in [0.15, 0.2) is 0 Å². The van der Waals surface area contributed by atoms with Crippen LogP contribution in [0, 0.1) is 5.92 Å². The largest absolute Gasteiger partial charge is 0.508 e. The highest BCUT2D eigenvalue weighted by Gasteiger charge is 2.32. The van der Waals surface area contributed by atoms with E-state index in [0.717, 1.165) is 24.0 Å². The summed E-state index contributed by atoms with van der Waals surface area (Å²) < 4.78 is 0. The summed E-state index contributed by atoms with van der Waals surface area (Å²) in [5, 5.41) is 18.8. The van der Waals surface area contributed by atoms with Crippen molar-refractivity contribution in [3.63, 3.8) is 0 Å². The molecule has 14 heavy (non-hydrogen) atoms. The number of aromatic hydroxyl groups is 1. The quantitative estimate of drug-likeness (QED) is 0.677. The van der Waals surface area contributed by atoms with Gasteiger partial charge in [-0.15, -0.1) is 0 Å². The average molecular weight is 193 g/mol. The molecule has 0 amide bonds. The molecule has 76 valence electrons. The first kappa shape index (κ1) is 9.49. The molecule has 1 atom stereocenters.